The molecule has 1 amide bonds. The van der Waals surface area contributed by atoms with Crippen molar-refractivity contribution in [1.82, 2.24) is 10.0 Å². The number of amides is 1. The highest BCUT2D eigenvalue weighted by atomic mass is 32.2. The average Bonchev–Trinajstić information content (AvgIpc) is 2.64. The van der Waals surface area contributed by atoms with Crippen molar-refractivity contribution in [2.75, 3.05) is 0 Å². The van der Waals surface area contributed by atoms with Gasteiger partial charge >= 0.3 is 12.4 Å². The first-order valence-electron chi connectivity index (χ1n) is 8.34. The standard InChI is InChI=1S/C18H16F6N2O3S/c1-11(16(27)25-10-12-6-8-13(9-7-12)17(19,20)21)26-30(28,29)15-5-3-2-4-14(15)18(22,23)24/h2-9,11,26H,10H2,1H3,(H,25,27)/t11-/m0/s1. The number of sulfonamides is 1. The van der Waals surface area contributed by atoms with Gasteiger partial charge in [0.15, 0.2) is 0 Å². The van der Waals surface area contributed by atoms with Crippen molar-refractivity contribution in [3.05, 3.63) is 65.2 Å². The van der Waals surface area contributed by atoms with Gasteiger partial charge in [0.25, 0.3) is 0 Å². The minimum absolute atomic E-state index is 0.206. The second kappa shape index (κ2) is 8.64. The Balaban J connectivity index is 2.05. The monoisotopic (exact) mass is 454 g/mol. The maximum Gasteiger partial charge on any atom is 0.417 e. The SMILES string of the molecule is C[C@H](NS(=O)(=O)c1ccccc1C(F)(F)F)C(=O)NCc1ccc(C(F)(F)F)cc1. The molecule has 0 radical (unpaired) electrons. The maximum absolute atomic E-state index is 13.0. The molecule has 2 aromatic carbocycles. The van der Waals surface area contributed by atoms with Gasteiger partial charge in [-0.2, -0.15) is 31.1 Å². The van der Waals surface area contributed by atoms with Gasteiger partial charge in [-0.25, -0.2) is 8.42 Å². The first-order valence-corrected chi connectivity index (χ1v) is 9.82. The third-order valence-electron chi connectivity index (χ3n) is 3.96. The van der Waals surface area contributed by atoms with E-state index in [1.807, 2.05) is 4.72 Å². The van der Waals surface area contributed by atoms with E-state index in [0.717, 1.165) is 49.4 Å². The van der Waals surface area contributed by atoms with Crippen LogP contribution in [-0.4, -0.2) is 20.4 Å². The molecule has 2 N–H and O–H groups in total. The van der Waals surface area contributed by atoms with Gasteiger partial charge in [0, 0.05) is 6.54 Å². The molecule has 0 bridgehead atoms. The molecule has 0 saturated heterocycles. The molecule has 0 aliphatic carbocycles. The van der Waals surface area contributed by atoms with Gasteiger partial charge in [-0.15, -0.1) is 0 Å². The van der Waals surface area contributed by atoms with Gasteiger partial charge in [0.2, 0.25) is 15.9 Å². The molecule has 0 heterocycles. The zero-order valence-corrected chi connectivity index (χ0v) is 16.1. The molecule has 0 aliphatic rings. The minimum Gasteiger partial charge on any atom is -0.351 e. The molecule has 0 unspecified atom stereocenters. The summed E-state index contributed by atoms with van der Waals surface area (Å²) < 4.78 is 103. The number of hydrogen-bond donors (Lipinski definition) is 2. The number of halogens is 6. The summed E-state index contributed by atoms with van der Waals surface area (Å²) >= 11 is 0. The predicted molar refractivity (Wildman–Crippen MR) is 94.5 cm³/mol. The summed E-state index contributed by atoms with van der Waals surface area (Å²) in [6.07, 6.45) is -9.43. The molecule has 2 aromatic rings. The third kappa shape index (κ3) is 5.95. The Kier molecular flexibility index (Phi) is 6.82. The van der Waals surface area contributed by atoms with Gasteiger partial charge in [0.05, 0.1) is 22.1 Å². The molecule has 164 valence electrons. The smallest absolute Gasteiger partial charge is 0.351 e. The lowest BCUT2D eigenvalue weighted by molar-refractivity contribution is -0.140. The second-order valence-electron chi connectivity index (χ2n) is 6.25. The van der Waals surface area contributed by atoms with Gasteiger partial charge < -0.3 is 5.32 Å². The maximum atomic E-state index is 13.0. The fourth-order valence-corrected chi connectivity index (χ4v) is 3.87. The van der Waals surface area contributed by atoms with Crippen LogP contribution in [0.3, 0.4) is 0 Å². The van der Waals surface area contributed by atoms with Crippen LogP contribution in [0.15, 0.2) is 53.4 Å². The van der Waals surface area contributed by atoms with Crippen molar-refractivity contribution in [2.24, 2.45) is 0 Å². The lowest BCUT2D eigenvalue weighted by atomic mass is 10.1. The summed E-state index contributed by atoms with van der Waals surface area (Å²) in [7, 11) is -4.68. The lowest BCUT2D eigenvalue weighted by Crippen LogP contribution is -2.44. The summed E-state index contributed by atoms with van der Waals surface area (Å²) in [6, 6.07) is 5.98. The Hall–Kier alpha value is -2.60. The van der Waals surface area contributed by atoms with E-state index in [1.54, 1.807) is 0 Å². The quantitative estimate of drug-likeness (QED) is 0.654. The molecular formula is C18H16F6N2O3S. The Labute approximate surface area is 168 Å². The lowest BCUT2D eigenvalue weighted by Gasteiger charge is -2.17. The van der Waals surface area contributed by atoms with Crippen LogP contribution in [-0.2, 0) is 33.7 Å². The van der Waals surface area contributed by atoms with Crippen LogP contribution >= 0.6 is 0 Å². The molecule has 30 heavy (non-hydrogen) atoms. The number of carbonyl (C=O) groups excluding carboxylic acids is 1. The van der Waals surface area contributed by atoms with Crippen LogP contribution in [0.1, 0.15) is 23.6 Å². The van der Waals surface area contributed by atoms with E-state index in [1.165, 1.54) is 0 Å². The molecule has 0 fully saturated rings. The highest BCUT2D eigenvalue weighted by Crippen LogP contribution is 2.34. The summed E-state index contributed by atoms with van der Waals surface area (Å²) in [5, 5.41) is 2.31. The molecule has 0 aromatic heterocycles. The molecule has 0 aliphatic heterocycles. The van der Waals surface area contributed by atoms with Crippen LogP contribution in [0.25, 0.3) is 0 Å². The van der Waals surface area contributed by atoms with Crippen molar-refractivity contribution < 1.29 is 39.6 Å². The van der Waals surface area contributed by atoms with Crippen molar-refractivity contribution in [2.45, 2.75) is 36.8 Å². The molecule has 1 atom stereocenters. The van der Waals surface area contributed by atoms with Crippen molar-refractivity contribution in [3.63, 3.8) is 0 Å². The van der Waals surface area contributed by atoms with Crippen molar-refractivity contribution in [3.8, 4) is 0 Å². The summed E-state index contributed by atoms with van der Waals surface area (Å²) in [5.74, 6) is -0.872. The van der Waals surface area contributed by atoms with Crippen molar-refractivity contribution in [1.29, 1.82) is 0 Å². The van der Waals surface area contributed by atoms with E-state index in [-0.39, 0.29) is 6.54 Å². The summed E-state index contributed by atoms with van der Waals surface area (Å²) in [5.41, 5.74) is -1.94. The van der Waals surface area contributed by atoms with E-state index >= 15 is 0 Å². The largest absolute Gasteiger partial charge is 0.417 e. The average molecular weight is 454 g/mol. The number of nitrogens with one attached hydrogen (secondary N) is 2. The second-order valence-corrected chi connectivity index (χ2v) is 7.93. The number of benzene rings is 2. The highest BCUT2D eigenvalue weighted by Gasteiger charge is 2.37. The van der Waals surface area contributed by atoms with E-state index in [0.29, 0.717) is 11.6 Å². The molecule has 12 heteroatoms. The molecule has 5 nitrogen and oxygen atoms in total. The molecule has 0 spiro atoms. The van der Waals surface area contributed by atoms with Gasteiger partial charge in [0.1, 0.15) is 0 Å². The molecular weight excluding hydrogens is 438 g/mol. The van der Waals surface area contributed by atoms with E-state index in [4.69, 9.17) is 0 Å². The number of alkyl halides is 6. The van der Waals surface area contributed by atoms with Gasteiger partial charge in [-0.05, 0) is 36.8 Å². The summed E-state index contributed by atoms with van der Waals surface area (Å²) in [6.45, 7) is 0.915. The highest BCUT2D eigenvalue weighted by molar-refractivity contribution is 7.89. The van der Waals surface area contributed by atoms with Crippen LogP contribution in [0.5, 0.6) is 0 Å². The van der Waals surface area contributed by atoms with Crippen LogP contribution in [0.2, 0.25) is 0 Å². The van der Waals surface area contributed by atoms with Crippen molar-refractivity contribution >= 4 is 15.9 Å². The Bertz CT molecular complexity index is 1000. The molecule has 2 rings (SSSR count). The Morgan fingerprint density at radius 3 is 2.03 bits per heavy atom. The number of hydrogen-bond acceptors (Lipinski definition) is 3. The fraction of sp³-hybridized carbons (Fsp3) is 0.278. The number of carbonyl (C=O) groups is 1. The van der Waals surface area contributed by atoms with E-state index < -0.39 is 50.3 Å². The summed E-state index contributed by atoms with van der Waals surface area (Å²) in [4.78, 5) is 11.1. The van der Waals surface area contributed by atoms with Gasteiger partial charge in [-0.3, -0.25) is 4.79 Å². The van der Waals surface area contributed by atoms with Crippen LogP contribution < -0.4 is 10.0 Å². The zero-order chi connectivity index (χ0) is 22.7. The van der Waals surface area contributed by atoms with E-state index in [2.05, 4.69) is 5.32 Å². The zero-order valence-electron chi connectivity index (χ0n) is 15.3. The van der Waals surface area contributed by atoms with Crippen LogP contribution in [0.4, 0.5) is 26.3 Å². The Morgan fingerprint density at radius 1 is 0.933 bits per heavy atom. The predicted octanol–water partition coefficient (Wildman–Crippen LogP) is 3.71. The first-order chi connectivity index (χ1) is 13.7. The third-order valence-corrected chi connectivity index (χ3v) is 5.55. The fourth-order valence-electron chi connectivity index (χ4n) is 2.44. The normalized spacial score (nSPS) is 13.7. The Morgan fingerprint density at radius 2 is 1.50 bits per heavy atom. The molecule has 0 saturated carbocycles. The topological polar surface area (TPSA) is 75.3 Å². The van der Waals surface area contributed by atoms with E-state index in [9.17, 15) is 39.6 Å². The van der Waals surface area contributed by atoms with Crippen LogP contribution in [0, 0.1) is 0 Å². The first kappa shape index (κ1) is 23.7. The minimum atomic E-state index is -4.92. The number of rotatable bonds is 6. The van der Waals surface area contributed by atoms with Gasteiger partial charge in [-0.1, -0.05) is 24.3 Å².